The number of halogens is 3. The van der Waals surface area contributed by atoms with Gasteiger partial charge < -0.3 is 0 Å². The molecule has 1 nitrogen and oxygen atoms in total. The van der Waals surface area contributed by atoms with Crippen LogP contribution >= 0.6 is 0 Å². The Hall–Kier alpha value is -2.62. The smallest absolute Gasteiger partial charge is 0.248 e. The van der Waals surface area contributed by atoms with E-state index in [1.807, 2.05) is 38.1 Å². The van der Waals surface area contributed by atoms with Crippen molar-refractivity contribution in [3.8, 4) is 22.5 Å². The van der Waals surface area contributed by atoms with Gasteiger partial charge in [0.15, 0.2) is 0 Å². The molecule has 0 spiro atoms. The fourth-order valence-corrected chi connectivity index (χ4v) is 2.69. The highest BCUT2D eigenvalue weighted by atomic mass is 19.4. The Labute approximate surface area is 138 Å². The van der Waals surface area contributed by atoms with E-state index >= 15 is 0 Å². The molecule has 2 aromatic carbocycles. The van der Waals surface area contributed by atoms with Crippen molar-refractivity contribution in [2.45, 2.75) is 20.0 Å². The van der Waals surface area contributed by atoms with Gasteiger partial charge in [0.05, 0.1) is 17.0 Å². The van der Waals surface area contributed by atoms with Crippen LogP contribution in [0.3, 0.4) is 0 Å². The number of rotatable bonds is 2. The summed E-state index contributed by atoms with van der Waals surface area (Å²) in [5.74, 6) is 0. The number of hydrogen-bond acceptors (Lipinski definition) is 1. The van der Waals surface area contributed by atoms with Crippen LogP contribution in [0.15, 0.2) is 60.7 Å². The first kappa shape index (κ1) is 16.2. The van der Waals surface area contributed by atoms with Gasteiger partial charge in [-0.3, -0.25) is 0 Å². The number of aromatic nitrogens is 1. The van der Waals surface area contributed by atoms with E-state index in [0.717, 1.165) is 23.3 Å². The minimum Gasteiger partial charge on any atom is -0.248 e. The first-order valence-electron chi connectivity index (χ1n) is 7.57. The minimum absolute atomic E-state index is 0.334. The maximum atomic E-state index is 13.4. The largest absolute Gasteiger partial charge is 0.416 e. The zero-order chi connectivity index (χ0) is 17.3. The standard InChI is InChI=1S/C20H16F3N/c1-13-7-3-5-9-16(13)18-11-15(20(21,22)23)12-19(24-18)17-10-6-4-8-14(17)2/h3-12H,1-2H3. The van der Waals surface area contributed by atoms with E-state index in [0.29, 0.717) is 22.5 Å². The van der Waals surface area contributed by atoms with Crippen molar-refractivity contribution in [3.63, 3.8) is 0 Å². The quantitative estimate of drug-likeness (QED) is 0.558. The third-order valence-electron chi connectivity index (χ3n) is 3.99. The summed E-state index contributed by atoms with van der Waals surface area (Å²) in [5, 5.41) is 0. The molecule has 24 heavy (non-hydrogen) atoms. The van der Waals surface area contributed by atoms with E-state index in [1.165, 1.54) is 0 Å². The number of nitrogens with zero attached hydrogens (tertiary/aromatic N) is 1. The highest BCUT2D eigenvalue weighted by Crippen LogP contribution is 2.35. The number of benzene rings is 2. The van der Waals surface area contributed by atoms with E-state index in [9.17, 15) is 13.2 Å². The topological polar surface area (TPSA) is 12.9 Å². The molecule has 1 heterocycles. The zero-order valence-electron chi connectivity index (χ0n) is 13.4. The lowest BCUT2D eigenvalue weighted by molar-refractivity contribution is -0.137. The van der Waals surface area contributed by atoms with Gasteiger partial charge in [-0.15, -0.1) is 0 Å². The summed E-state index contributed by atoms with van der Waals surface area (Å²) in [4.78, 5) is 4.51. The molecule has 0 N–H and O–H groups in total. The molecule has 0 atom stereocenters. The molecule has 0 radical (unpaired) electrons. The van der Waals surface area contributed by atoms with Crippen LogP contribution in [0.25, 0.3) is 22.5 Å². The molecular formula is C20H16F3N. The van der Waals surface area contributed by atoms with Crippen LogP contribution in [-0.4, -0.2) is 4.98 Å². The van der Waals surface area contributed by atoms with Crippen LogP contribution in [0.2, 0.25) is 0 Å². The number of alkyl halides is 3. The van der Waals surface area contributed by atoms with Gasteiger partial charge in [-0.05, 0) is 37.1 Å². The first-order valence-corrected chi connectivity index (χ1v) is 7.57. The normalized spacial score (nSPS) is 11.5. The van der Waals surface area contributed by atoms with Crippen molar-refractivity contribution in [1.29, 1.82) is 0 Å². The summed E-state index contributed by atoms with van der Waals surface area (Å²) in [6.07, 6.45) is -4.42. The fraction of sp³-hybridized carbons (Fsp3) is 0.150. The summed E-state index contributed by atoms with van der Waals surface area (Å²) in [7, 11) is 0. The van der Waals surface area contributed by atoms with E-state index in [4.69, 9.17) is 0 Å². The third-order valence-corrected chi connectivity index (χ3v) is 3.99. The monoisotopic (exact) mass is 327 g/mol. The molecule has 1 aromatic heterocycles. The predicted octanol–water partition coefficient (Wildman–Crippen LogP) is 6.05. The molecule has 0 bridgehead atoms. The molecule has 3 rings (SSSR count). The van der Waals surface area contributed by atoms with Crippen molar-refractivity contribution in [1.82, 2.24) is 4.98 Å². The average Bonchev–Trinajstić information content (AvgIpc) is 2.54. The summed E-state index contributed by atoms with van der Waals surface area (Å²) in [6, 6.07) is 16.9. The van der Waals surface area contributed by atoms with Crippen molar-refractivity contribution >= 4 is 0 Å². The van der Waals surface area contributed by atoms with Gasteiger partial charge in [-0.25, -0.2) is 4.98 Å². The van der Waals surface area contributed by atoms with Crippen LogP contribution in [0, 0.1) is 13.8 Å². The van der Waals surface area contributed by atoms with Crippen LogP contribution in [0.4, 0.5) is 13.2 Å². The third kappa shape index (κ3) is 3.18. The molecule has 0 aliphatic rings. The molecule has 0 saturated heterocycles. The van der Waals surface area contributed by atoms with Gasteiger partial charge in [0.25, 0.3) is 0 Å². The molecule has 0 amide bonds. The molecular weight excluding hydrogens is 311 g/mol. The molecule has 3 aromatic rings. The fourth-order valence-electron chi connectivity index (χ4n) is 2.69. The predicted molar refractivity (Wildman–Crippen MR) is 89.6 cm³/mol. The van der Waals surface area contributed by atoms with E-state index in [2.05, 4.69) is 4.98 Å². The number of aryl methyl sites for hydroxylation is 2. The summed E-state index contributed by atoms with van der Waals surface area (Å²) in [6.45, 7) is 3.73. The summed E-state index contributed by atoms with van der Waals surface area (Å²) >= 11 is 0. The molecule has 0 aliphatic heterocycles. The van der Waals surface area contributed by atoms with Crippen LogP contribution in [0.1, 0.15) is 16.7 Å². The summed E-state index contributed by atoms with van der Waals surface area (Å²) < 4.78 is 40.1. The Balaban J connectivity index is 2.26. The summed E-state index contributed by atoms with van der Waals surface area (Å²) in [5.41, 5.74) is 3.17. The first-order chi connectivity index (χ1) is 11.4. The number of hydrogen-bond donors (Lipinski definition) is 0. The Morgan fingerprint density at radius 3 is 1.50 bits per heavy atom. The van der Waals surface area contributed by atoms with Crippen LogP contribution in [0.5, 0.6) is 0 Å². The second kappa shape index (κ2) is 6.11. The van der Waals surface area contributed by atoms with Gasteiger partial charge in [-0.1, -0.05) is 48.5 Å². The number of pyridine rings is 1. The van der Waals surface area contributed by atoms with E-state index in [-0.39, 0.29) is 0 Å². The molecule has 0 fully saturated rings. The van der Waals surface area contributed by atoms with Crippen molar-refractivity contribution in [2.24, 2.45) is 0 Å². The minimum atomic E-state index is -4.42. The van der Waals surface area contributed by atoms with Gasteiger partial charge in [0.1, 0.15) is 0 Å². The molecule has 4 heteroatoms. The second-order valence-corrected chi connectivity index (χ2v) is 5.75. The van der Waals surface area contributed by atoms with Gasteiger partial charge >= 0.3 is 6.18 Å². The molecule has 0 aliphatic carbocycles. The highest BCUT2D eigenvalue weighted by molar-refractivity contribution is 5.71. The lowest BCUT2D eigenvalue weighted by Gasteiger charge is -2.14. The zero-order valence-corrected chi connectivity index (χ0v) is 13.4. The SMILES string of the molecule is Cc1ccccc1-c1cc(C(F)(F)F)cc(-c2ccccc2C)n1. The lowest BCUT2D eigenvalue weighted by atomic mass is 10.00. The Morgan fingerprint density at radius 2 is 1.12 bits per heavy atom. The van der Waals surface area contributed by atoms with Crippen molar-refractivity contribution in [2.75, 3.05) is 0 Å². The van der Waals surface area contributed by atoms with E-state index in [1.54, 1.807) is 24.3 Å². The maximum Gasteiger partial charge on any atom is 0.416 e. The maximum absolute atomic E-state index is 13.4. The Kier molecular flexibility index (Phi) is 4.14. The molecule has 0 unspecified atom stereocenters. The van der Waals surface area contributed by atoms with Crippen molar-refractivity contribution in [3.05, 3.63) is 77.4 Å². The highest BCUT2D eigenvalue weighted by Gasteiger charge is 2.32. The van der Waals surface area contributed by atoms with Crippen molar-refractivity contribution < 1.29 is 13.2 Å². The van der Waals surface area contributed by atoms with Gasteiger partial charge in [-0.2, -0.15) is 13.2 Å². The van der Waals surface area contributed by atoms with Gasteiger partial charge in [0.2, 0.25) is 0 Å². The lowest BCUT2D eigenvalue weighted by Crippen LogP contribution is -2.07. The molecule has 0 saturated carbocycles. The van der Waals surface area contributed by atoms with Crippen LogP contribution < -0.4 is 0 Å². The van der Waals surface area contributed by atoms with E-state index < -0.39 is 11.7 Å². The second-order valence-electron chi connectivity index (χ2n) is 5.75. The average molecular weight is 327 g/mol. The Morgan fingerprint density at radius 1 is 0.708 bits per heavy atom. The Bertz CT molecular complexity index is 818. The van der Waals surface area contributed by atoms with Gasteiger partial charge in [0, 0.05) is 11.1 Å². The molecule has 122 valence electrons. The van der Waals surface area contributed by atoms with Crippen LogP contribution in [-0.2, 0) is 6.18 Å².